The van der Waals surface area contributed by atoms with Gasteiger partial charge in [0.05, 0.1) is 22.1 Å². The van der Waals surface area contributed by atoms with Crippen LogP contribution in [-0.2, 0) is 6.42 Å². The van der Waals surface area contributed by atoms with Crippen LogP contribution in [-0.4, -0.2) is 19.1 Å². The molecule has 2 heterocycles. The first kappa shape index (κ1) is 28.7. The molecule has 0 N–H and O–H groups in total. The normalized spacial score (nSPS) is 13.5. The first-order valence-electron chi connectivity index (χ1n) is 16.6. The van der Waals surface area contributed by atoms with E-state index in [0.717, 1.165) is 62.6 Å². The minimum atomic E-state index is 0.793. The number of aromatic nitrogens is 4. The summed E-state index contributed by atoms with van der Waals surface area (Å²) in [6.45, 7) is 4.09. The van der Waals surface area contributed by atoms with Crippen LogP contribution in [0.2, 0.25) is 0 Å². The molecule has 9 rings (SSSR count). The fourth-order valence-electron chi connectivity index (χ4n) is 7.17. The molecule has 0 spiro atoms. The molecule has 0 bridgehead atoms. The standard InChI is InChI=1S/C45H32N4/c1-2-15-32(44-46-40-22-11-13-24-42(40)48(44)35-16-5-3-6-17-35)29-34-28-31-26-27-33(30-39(31)38-21-10-9-20-37(34)38)45-47-41-23-12-14-25-43(41)49(45)36-18-7-4-8-19-36/h2-27,29-30H,1,28H2/b32-15+,34-29+. The van der Waals surface area contributed by atoms with Crippen molar-refractivity contribution in [1.29, 1.82) is 0 Å². The van der Waals surface area contributed by atoms with E-state index in [1.54, 1.807) is 0 Å². The monoisotopic (exact) mass is 628 g/mol. The molecule has 0 saturated carbocycles. The van der Waals surface area contributed by atoms with E-state index < -0.39 is 0 Å². The van der Waals surface area contributed by atoms with E-state index in [9.17, 15) is 0 Å². The van der Waals surface area contributed by atoms with E-state index in [2.05, 4.69) is 167 Å². The second-order valence-corrected chi connectivity index (χ2v) is 12.3. The van der Waals surface area contributed by atoms with Gasteiger partial charge in [-0.1, -0.05) is 116 Å². The maximum atomic E-state index is 5.16. The van der Waals surface area contributed by atoms with Gasteiger partial charge in [-0.15, -0.1) is 0 Å². The number of imidazole rings is 2. The summed E-state index contributed by atoms with van der Waals surface area (Å²) in [5.41, 5.74) is 14.6. The molecule has 4 nitrogen and oxygen atoms in total. The minimum absolute atomic E-state index is 0.793. The summed E-state index contributed by atoms with van der Waals surface area (Å²) in [5, 5.41) is 0. The average Bonchev–Trinajstić information content (AvgIpc) is 3.75. The molecule has 0 saturated heterocycles. The highest BCUT2D eigenvalue weighted by molar-refractivity contribution is 5.95. The van der Waals surface area contributed by atoms with Gasteiger partial charge in [0.15, 0.2) is 0 Å². The smallest absolute Gasteiger partial charge is 0.145 e. The molecule has 6 aromatic carbocycles. The molecule has 1 aliphatic rings. The Hall–Kier alpha value is -6.52. The second-order valence-electron chi connectivity index (χ2n) is 12.3. The van der Waals surface area contributed by atoms with Crippen molar-refractivity contribution in [1.82, 2.24) is 19.1 Å². The molecule has 4 heteroatoms. The van der Waals surface area contributed by atoms with Gasteiger partial charge < -0.3 is 0 Å². The quantitative estimate of drug-likeness (QED) is 0.172. The van der Waals surface area contributed by atoms with Gasteiger partial charge in [-0.3, -0.25) is 9.13 Å². The molecule has 0 unspecified atom stereocenters. The maximum absolute atomic E-state index is 5.16. The van der Waals surface area contributed by atoms with Gasteiger partial charge in [0.25, 0.3) is 0 Å². The highest BCUT2D eigenvalue weighted by atomic mass is 15.1. The molecule has 0 aliphatic heterocycles. The Kier molecular flexibility index (Phi) is 6.98. The van der Waals surface area contributed by atoms with Gasteiger partial charge in [-0.2, -0.15) is 0 Å². The molecule has 1 aliphatic carbocycles. The Bertz CT molecular complexity index is 2580. The summed E-state index contributed by atoms with van der Waals surface area (Å²) in [6.07, 6.45) is 7.02. The molecular weight excluding hydrogens is 597 g/mol. The van der Waals surface area contributed by atoms with E-state index in [1.807, 2.05) is 18.2 Å². The number of hydrogen-bond donors (Lipinski definition) is 0. The average molecular weight is 629 g/mol. The molecule has 0 radical (unpaired) electrons. The van der Waals surface area contributed by atoms with E-state index in [4.69, 9.17) is 9.97 Å². The largest absolute Gasteiger partial charge is 0.292 e. The fraction of sp³-hybridized carbons (Fsp3) is 0.0222. The molecule has 2 aromatic heterocycles. The van der Waals surface area contributed by atoms with Gasteiger partial charge in [-0.05, 0) is 94.9 Å². The van der Waals surface area contributed by atoms with Crippen LogP contribution in [0.25, 0.3) is 67.1 Å². The highest BCUT2D eigenvalue weighted by Gasteiger charge is 2.23. The van der Waals surface area contributed by atoms with Crippen molar-refractivity contribution < 1.29 is 0 Å². The van der Waals surface area contributed by atoms with Crippen LogP contribution in [0.15, 0.2) is 176 Å². The summed E-state index contributed by atoms with van der Waals surface area (Å²) in [6, 6.07) is 53.2. The summed E-state index contributed by atoms with van der Waals surface area (Å²) >= 11 is 0. The number of rotatable bonds is 6. The van der Waals surface area contributed by atoms with Gasteiger partial charge in [0, 0.05) is 22.5 Å². The Morgan fingerprint density at radius 1 is 0.571 bits per heavy atom. The topological polar surface area (TPSA) is 35.6 Å². The lowest BCUT2D eigenvalue weighted by atomic mass is 9.81. The zero-order valence-electron chi connectivity index (χ0n) is 26.9. The number of fused-ring (bicyclic) bond motifs is 5. The van der Waals surface area contributed by atoms with Crippen LogP contribution in [0.5, 0.6) is 0 Å². The van der Waals surface area contributed by atoms with Crippen LogP contribution < -0.4 is 0 Å². The number of para-hydroxylation sites is 6. The van der Waals surface area contributed by atoms with Crippen LogP contribution in [0, 0.1) is 0 Å². The van der Waals surface area contributed by atoms with Crippen molar-refractivity contribution >= 4 is 33.2 Å². The Morgan fingerprint density at radius 2 is 1.16 bits per heavy atom. The van der Waals surface area contributed by atoms with Crippen molar-refractivity contribution in [2.45, 2.75) is 6.42 Å². The third kappa shape index (κ3) is 4.93. The van der Waals surface area contributed by atoms with Gasteiger partial charge in [-0.25, -0.2) is 9.97 Å². The van der Waals surface area contributed by atoms with Crippen LogP contribution in [0.4, 0.5) is 0 Å². The Balaban J connectivity index is 1.18. The van der Waals surface area contributed by atoms with Crippen LogP contribution >= 0.6 is 0 Å². The fourth-order valence-corrected chi connectivity index (χ4v) is 7.17. The Labute approximate surface area is 285 Å². The summed E-state index contributed by atoms with van der Waals surface area (Å²) in [5.74, 6) is 1.82. The zero-order valence-corrected chi connectivity index (χ0v) is 26.9. The van der Waals surface area contributed by atoms with Gasteiger partial charge in [0.1, 0.15) is 11.6 Å². The lowest BCUT2D eigenvalue weighted by molar-refractivity contribution is 1.06. The molecule has 232 valence electrons. The van der Waals surface area contributed by atoms with Crippen LogP contribution in [0.1, 0.15) is 17.0 Å². The van der Waals surface area contributed by atoms with Crippen molar-refractivity contribution in [3.8, 4) is 33.9 Å². The SMILES string of the molecule is C=C/C=C(\C=C1/Cc2ccc(-c3nc4ccccc4n3-c3ccccc3)cc2-c2ccccc21)c1nc2ccccc2n1-c1ccccc1. The lowest BCUT2D eigenvalue weighted by Crippen LogP contribution is -2.06. The van der Waals surface area contributed by atoms with E-state index in [1.165, 1.54) is 27.8 Å². The number of nitrogens with zero attached hydrogens (tertiary/aromatic N) is 4. The van der Waals surface area contributed by atoms with Crippen LogP contribution in [0.3, 0.4) is 0 Å². The number of hydrogen-bond acceptors (Lipinski definition) is 2. The van der Waals surface area contributed by atoms with Gasteiger partial charge in [0.2, 0.25) is 0 Å². The summed E-state index contributed by atoms with van der Waals surface area (Å²) in [4.78, 5) is 10.3. The lowest BCUT2D eigenvalue weighted by Gasteiger charge is -2.24. The van der Waals surface area contributed by atoms with Crippen molar-refractivity contribution in [3.05, 3.63) is 193 Å². The zero-order chi connectivity index (χ0) is 32.7. The second kappa shape index (κ2) is 11.9. The van der Waals surface area contributed by atoms with E-state index in [-0.39, 0.29) is 0 Å². The van der Waals surface area contributed by atoms with E-state index >= 15 is 0 Å². The molecule has 0 fully saturated rings. The van der Waals surface area contributed by atoms with E-state index in [0.29, 0.717) is 0 Å². The number of benzene rings is 6. The first-order valence-corrected chi connectivity index (χ1v) is 16.6. The van der Waals surface area contributed by atoms with Crippen molar-refractivity contribution in [2.75, 3.05) is 0 Å². The predicted octanol–water partition coefficient (Wildman–Crippen LogP) is 10.9. The molecular formula is C45H32N4. The third-order valence-corrected chi connectivity index (χ3v) is 9.35. The Morgan fingerprint density at radius 3 is 1.88 bits per heavy atom. The molecule has 49 heavy (non-hydrogen) atoms. The van der Waals surface area contributed by atoms with Crippen molar-refractivity contribution in [3.63, 3.8) is 0 Å². The molecule has 0 atom stereocenters. The number of allylic oxidation sites excluding steroid dienone is 5. The third-order valence-electron chi connectivity index (χ3n) is 9.35. The van der Waals surface area contributed by atoms with Gasteiger partial charge >= 0.3 is 0 Å². The predicted molar refractivity (Wildman–Crippen MR) is 203 cm³/mol. The minimum Gasteiger partial charge on any atom is -0.292 e. The van der Waals surface area contributed by atoms with Crippen molar-refractivity contribution in [2.24, 2.45) is 0 Å². The highest BCUT2D eigenvalue weighted by Crippen LogP contribution is 2.42. The molecule has 8 aromatic rings. The summed E-state index contributed by atoms with van der Waals surface area (Å²) < 4.78 is 4.51. The molecule has 0 amide bonds. The maximum Gasteiger partial charge on any atom is 0.145 e. The first-order chi connectivity index (χ1) is 24.3. The summed E-state index contributed by atoms with van der Waals surface area (Å²) in [7, 11) is 0.